The SMILES string of the molecule is c1ccc(-c2ccc(N(c3ccc(-c4cc5ccccc5c5ccccc45)cc3)c3ccc4c(c3)oc3ccccc34)cc2)cc1.c1ccc(-c2cccc(N(c3ccc(-c4cc5ccccc5c5ccccc45)cc3)c3ccc4oc5ccccc5c4c3)c2)cc1.c1ccc2c(-c3ccc(N(c4ccc(-c5cc6ccccc6c6ccccc56)cc4)c4ccc5c(c4)oc4ccccc45)cc3)cccc2c1. The van der Waals surface area contributed by atoms with Crippen molar-refractivity contribution in [3.8, 4) is 66.8 Å². The van der Waals surface area contributed by atoms with E-state index in [9.17, 15) is 0 Å². The van der Waals surface area contributed by atoms with Gasteiger partial charge in [-0.1, -0.05) is 376 Å². The maximum absolute atomic E-state index is 6.36. The lowest BCUT2D eigenvalue weighted by atomic mass is 9.93. The summed E-state index contributed by atoms with van der Waals surface area (Å²) in [5.41, 5.74) is 29.5. The predicted octanol–water partition coefficient (Wildman–Crippen LogP) is 39.2. The van der Waals surface area contributed by atoms with Gasteiger partial charge in [-0.05, 0) is 294 Å². The van der Waals surface area contributed by atoms with E-state index in [4.69, 9.17) is 13.3 Å². The summed E-state index contributed by atoms with van der Waals surface area (Å²) < 4.78 is 18.9. The van der Waals surface area contributed by atoms with E-state index in [1.165, 1.54) is 142 Å². The standard InChI is InChI=1S/C48H31NO.2C44H29NO/c1-3-13-39-32(10-1)12-9-18-40(39)33-20-24-36(25-21-33)49(38-28-29-45-44-17-7-8-19-47(44)50-48(45)31-38)37-26-22-34(23-27-37)46-30-35-11-2-4-14-41(35)42-15-5-6-16-43(42)46;1-2-11-30(12-3-1)32-14-10-15-35(27-32)45(36-25-26-44-42(29-36)40-19-8-9-20-43(40)46-44)34-23-21-31(22-24-34)41-28-33-13-4-5-16-37(33)38-17-6-7-18-39(38)41;1-2-10-30(11-3-1)31-18-22-34(23-19-31)45(36-26-27-41-40-16-8-9-17-43(40)46-44(41)29-36)35-24-20-32(21-25-35)42-28-33-12-4-5-13-37(33)38-14-6-7-15-39(38)42/h1-31H;2*1-29H. The number of fused-ring (bicyclic) bond motifs is 19. The molecule has 142 heavy (non-hydrogen) atoms. The average Bonchev–Trinajstić information content (AvgIpc) is 1.38. The third-order valence-electron chi connectivity index (χ3n) is 28.1. The Balaban J connectivity index is 0.000000109. The Morgan fingerprint density at radius 1 is 0.106 bits per heavy atom. The van der Waals surface area contributed by atoms with Crippen molar-refractivity contribution in [2.75, 3.05) is 14.7 Å². The van der Waals surface area contributed by atoms with Crippen LogP contribution < -0.4 is 14.7 Å². The zero-order chi connectivity index (χ0) is 93.9. The van der Waals surface area contributed by atoms with Gasteiger partial charge in [-0.15, -0.1) is 0 Å². The molecule has 28 aromatic rings. The lowest BCUT2D eigenvalue weighted by Crippen LogP contribution is -2.10. The number of para-hydroxylation sites is 3. The molecule has 3 aromatic heterocycles. The van der Waals surface area contributed by atoms with Crippen LogP contribution in [0, 0.1) is 0 Å². The van der Waals surface area contributed by atoms with E-state index in [0.29, 0.717) is 0 Å². The highest BCUT2D eigenvalue weighted by Gasteiger charge is 2.24. The lowest BCUT2D eigenvalue weighted by Gasteiger charge is -2.26. The van der Waals surface area contributed by atoms with Crippen LogP contribution in [-0.4, -0.2) is 0 Å². The summed E-state index contributed by atoms with van der Waals surface area (Å²) in [4.78, 5) is 6.97. The molecule has 0 aliphatic carbocycles. The summed E-state index contributed by atoms with van der Waals surface area (Å²) in [5.74, 6) is 0. The third kappa shape index (κ3) is 15.5. The molecule has 3 heterocycles. The quantitative estimate of drug-likeness (QED) is 0.0954. The lowest BCUT2D eigenvalue weighted by molar-refractivity contribution is 0.668. The number of furan rings is 3. The van der Waals surface area contributed by atoms with Crippen molar-refractivity contribution in [3.05, 3.63) is 540 Å². The van der Waals surface area contributed by atoms with E-state index in [1.807, 2.05) is 36.4 Å². The Kier molecular flexibility index (Phi) is 21.2. The van der Waals surface area contributed by atoms with Gasteiger partial charge in [0, 0.05) is 95.6 Å². The molecule has 0 saturated heterocycles. The first kappa shape index (κ1) is 83.7. The van der Waals surface area contributed by atoms with Crippen LogP contribution in [0.25, 0.3) is 208 Å². The molecule has 0 saturated carbocycles. The van der Waals surface area contributed by atoms with Gasteiger partial charge in [0.1, 0.15) is 33.5 Å². The maximum atomic E-state index is 6.36. The second-order valence-electron chi connectivity index (χ2n) is 36.5. The largest absolute Gasteiger partial charge is 0.456 e. The summed E-state index contributed by atoms with van der Waals surface area (Å²) in [7, 11) is 0. The maximum Gasteiger partial charge on any atom is 0.137 e. The van der Waals surface area contributed by atoms with Gasteiger partial charge in [-0.2, -0.15) is 0 Å². The molecule has 0 atom stereocenters. The van der Waals surface area contributed by atoms with Gasteiger partial charge in [0.25, 0.3) is 0 Å². The molecule has 666 valence electrons. The van der Waals surface area contributed by atoms with Crippen LogP contribution in [0.1, 0.15) is 0 Å². The zero-order valence-corrected chi connectivity index (χ0v) is 77.5. The Hall–Kier alpha value is -18.9. The second kappa shape index (κ2) is 36.0. The minimum atomic E-state index is 0.875. The number of hydrogen-bond donors (Lipinski definition) is 0. The van der Waals surface area contributed by atoms with E-state index >= 15 is 0 Å². The molecule has 0 N–H and O–H groups in total. The Bertz CT molecular complexity index is 9660. The van der Waals surface area contributed by atoms with Crippen molar-refractivity contribution in [2.24, 2.45) is 0 Å². The highest BCUT2D eigenvalue weighted by Crippen LogP contribution is 2.48. The summed E-state index contributed by atoms with van der Waals surface area (Å²) in [5, 5.41) is 24.4. The fourth-order valence-electron chi connectivity index (χ4n) is 21.3. The van der Waals surface area contributed by atoms with Gasteiger partial charge in [-0.25, -0.2) is 0 Å². The van der Waals surface area contributed by atoms with E-state index in [-0.39, 0.29) is 0 Å². The molecule has 0 spiro atoms. The van der Waals surface area contributed by atoms with Crippen LogP contribution >= 0.6 is 0 Å². The fraction of sp³-hybridized carbons (Fsp3) is 0. The molecule has 0 bridgehead atoms. The van der Waals surface area contributed by atoms with Crippen LogP contribution in [0.5, 0.6) is 0 Å². The van der Waals surface area contributed by atoms with Crippen molar-refractivity contribution < 1.29 is 13.3 Å². The minimum Gasteiger partial charge on any atom is -0.456 e. The van der Waals surface area contributed by atoms with E-state index in [2.05, 4.69) is 518 Å². The number of anilines is 9. The van der Waals surface area contributed by atoms with Crippen LogP contribution in [0.4, 0.5) is 51.2 Å². The van der Waals surface area contributed by atoms with Crippen LogP contribution in [-0.2, 0) is 0 Å². The Labute approximate surface area is 821 Å². The van der Waals surface area contributed by atoms with Gasteiger partial charge in [0.05, 0.1) is 0 Å². The molecule has 25 aromatic carbocycles. The molecule has 6 heteroatoms. The number of benzene rings is 25. The zero-order valence-electron chi connectivity index (χ0n) is 77.5. The van der Waals surface area contributed by atoms with Gasteiger partial charge >= 0.3 is 0 Å². The first-order valence-electron chi connectivity index (χ1n) is 48.5. The minimum absolute atomic E-state index is 0.875. The molecule has 0 unspecified atom stereocenters. The molecular formula is C136H89N3O3. The third-order valence-corrected chi connectivity index (χ3v) is 28.1. The van der Waals surface area contributed by atoms with Crippen molar-refractivity contribution in [3.63, 3.8) is 0 Å². The molecule has 0 aliphatic rings. The highest BCUT2D eigenvalue weighted by atomic mass is 16.3. The Morgan fingerprint density at radius 3 is 0.782 bits per heavy atom. The molecule has 0 fully saturated rings. The van der Waals surface area contributed by atoms with E-state index in [0.717, 1.165) is 117 Å². The molecule has 6 nitrogen and oxygen atoms in total. The highest BCUT2D eigenvalue weighted by molar-refractivity contribution is 6.18. The summed E-state index contributed by atoms with van der Waals surface area (Å²) >= 11 is 0. The summed E-state index contributed by atoms with van der Waals surface area (Å²) in [6.45, 7) is 0. The van der Waals surface area contributed by atoms with Gasteiger partial charge in [0.2, 0.25) is 0 Å². The van der Waals surface area contributed by atoms with Crippen LogP contribution in [0.15, 0.2) is 553 Å². The van der Waals surface area contributed by atoms with Gasteiger partial charge in [-0.3, -0.25) is 0 Å². The number of hydrogen-bond acceptors (Lipinski definition) is 6. The van der Waals surface area contributed by atoms with Gasteiger partial charge in [0.15, 0.2) is 0 Å². The monoisotopic (exact) mass is 1810 g/mol. The van der Waals surface area contributed by atoms with E-state index in [1.54, 1.807) is 0 Å². The van der Waals surface area contributed by atoms with Crippen molar-refractivity contribution in [1.29, 1.82) is 0 Å². The molecule has 28 rings (SSSR count). The van der Waals surface area contributed by atoms with Crippen LogP contribution in [0.3, 0.4) is 0 Å². The molecule has 0 amide bonds. The Morgan fingerprint density at radius 2 is 0.359 bits per heavy atom. The first-order chi connectivity index (χ1) is 70.4. The van der Waals surface area contributed by atoms with Gasteiger partial charge < -0.3 is 28.0 Å². The average molecular weight is 1810 g/mol. The predicted molar refractivity (Wildman–Crippen MR) is 600 cm³/mol. The molecular weight excluding hydrogens is 1720 g/mol. The fourth-order valence-corrected chi connectivity index (χ4v) is 21.3. The van der Waals surface area contributed by atoms with Crippen molar-refractivity contribution in [2.45, 2.75) is 0 Å². The normalized spacial score (nSPS) is 11.5. The molecule has 0 aliphatic heterocycles. The summed E-state index contributed by atoms with van der Waals surface area (Å²) in [6, 6.07) is 193. The number of nitrogens with zero attached hydrogens (tertiary/aromatic N) is 3. The number of rotatable bonds is 15. The summed E-state index contributed by atoms with van der Waals surface area (Å²) in [6.07, 6.45) is 0. The molecule has 0 radical (unpaired) electrons. The van der Waals surface area contributed by atoms with Crippen LogP contribution in [0.2, 0.25) is 0 Å². The van der Waals surface area contributed by atoms with Crippen molar-refractivity contribution in [1.82, 2.24) is 0 Å². The van der Waals surface area contributed by atoms with Crippen molar-refractivity contribution >= 4 is 192 Å². The smallest absolute Gasteiger partial charge is 0.137 e. The first-order valence-corrected chi connectivity index (χ1v) is 48.5. The van der Waals surface area contributed by atoms with E-state index < -0.39 is 0 Å². The second-order valence-corrected chi connectivity index (χ2v) is 36.5. The topological polar surface area (TPSA) is 49.1 Å².